The summed E-state index contributed by atoms with van der Waals surface area (Å²) in [6.07, 6.45) is 0.264. The summed E-state index contributed by atoms with van der Waals surface area (Å²) in [4.78, 5) is 11.3. The molecule has 5 heteroatoms. The summed E-state index contributed by atoms with van der Waals surface area (Å²) >= 11 is 11.6. The fourth-order valence-electron chi connectivity index (χ4n) is 1.17. The van der Waals surface area contributed by atoms with Crippen molar-refractivity contribution >= 4 is 29.1 Å². The number of hydrogen-bond acceptors (Lipinski definition) is 2. The Bertz CT molecular complexity index is 335. The molecule has 0 saturated heterocycles. The van der Waals surface area contributed by atoms with Gasteiger partial charge in [-0.2, -0.15) is 0 Å². The van der Waals surface area contributed by atoms with Gasteiger partial charge < -0.3 is 11.1 Å². The molecule has 1 rings (SSSR count). The maximum absolute atomic E-state index is 11.3. The second-order valence-electron chi connectivity index (χ2n) is 3.09. The maximum Gasteiger partial charge on any atom is 0.224 e. The number of hydrogen-bond donors (Lipinski definition) is 2. The summed E-state index contributed by atoms with van der Waals surface area (Å²) in [6.45, 7) is 0.912. The standard InChI is InChI=1S/C10H12Cl2N2O/c11-8-3-7(4-9(12)6-8)5-10(15)14-2-1-13/h3-4,6H,1-2,5,13H2,(H,14,15). The third kappa shape index (κ3) is 4.51. The van der Waals surface area contributed by atoms with Crippen molar-refractivity contribution in [1.29, 1.82) is 0 Å². The zero-order valence-corrected chi connectivity index (χ0v) is 9.61. The van der Waals surface area contributed by atoms with E-state index < -0.39 is 0 Å². The van der Waals surface area contributed by atoms with Crippen LogP contribution in [0.3, 0.4) is 0 Å². The Morgan fingerprint density at radius 2 is 1.87 bits per heavy atom. The van der Waals surface area contributed by atoms with Gasteiger partial charge in [-0.15, -0.1) is 0 Å². The highest BCUT2D eigenvalue weighted by atomic mass is 35.5. The molecule has 0 heterocycles. The van der Waals surface area contributed by atoms with E-state index in [0.29, 0.717) is 23.1 Å². The van der Waals surface area contributed by atoms with E-state index in [1.54, 1.807) is 18.2 Å². The van der Waals surface area contributed by atoms with Crippen molar-refractivity contribution in [1.82, 2.24) is 5.32 Å². The van der Waals surface area contributed by atoms with Crippen LogP contribution >= 0.6 is 23.2 Å². The topological polar surface area (TPSA) is 55.1 Å². The van der Waals surface area contributed by atoms with Crippen LogP contribution in [0.1, 0.15) is 5.56 Å². The highest BCUT2D eigenvalue weighted by Gasteiger charge is 2.04. The molecule has 0 aliphatic rings. The highest BCUT2D eigenvalue weighted by molar-refractivity contribution is 6.34. The van der Waals surface area contributed by atoms with Crippen molar-refractivity contribution in [3.63, 3.8) is 0 Å². The summed E-state index contributed by atoms with van der Waals surface area (Å²) in [5.41, 5.74) is 6.06. The predicted octanol–water partition coefficient (Wildman–Crippen LogP) is 1.61. The Kier molecular flexibility index (Phi) is 4.88. The molecule has 82 valence electrons. The molecule has 0 spiro atoms. The monoisotopic (exact) mass is 246 g/mol. The molecule has 0 fully saturated rings. The van der Waals surface area contributed by atoms with Gasteiger partial charge >= 0.3 is 0 Å². The van der Waals surface area contributed by atoms with E-state index in [-0.39, 0.29) is 12.3 Å². The van der Waals surface area contributed by atoms with Crippen molar-refractivity contribution in [2.24, 2.45) is 5.73 Å². The van der Waals surface area contributed by atoms with Crippen molar-refractivity contribution in [2.45, 2.75) is 6.42 Å². The first-order chi connectivity index (χ1) is 7.11. The average molecular weight is 247 g/mol. The number of rotatable bonds is 4. The lowest BCUT2D eigenvalue weighted by Crippen LogP contribution is -2.30. The van der Waals surface area contributed by atoms with E-state index >= 15 is 0 Å². The van der Waals surface area contributed by atoms with Gasteiger partial charge in [0, 0.05) is 23.1 Å². The van der Waals surface area contributed by atoms with E-state index in [9.17, 15) is 4.79 Å². The van der Waals surface area contributed by atoms with Gasteiger partial charge in [0.15, 0.2) is 0 Å². The van der Waals surface area contributed by atoms with Crippen molar-refractivity contribution in [3.8, 4) is 0 Å². The third-order valence-electron chi connectivity index (χ3n) is 1.75. The summed E-state index contributed by atoms with van der Waals surface area (Å²) in [7, 11) is 0. The molecule has 0 radical (unpaired) electrons. The van der Waals surface area contributed by atoms with E-state index in [4.69, 9.17) is 28.9 Å². The second-order valence-corrected chi connectivity index (χ2v) is 3.97. The lowest BCUT2D eigenvalue weighted by Gasteiger charge is -2.04. The van der Waals surface area contributed by atoms with Crippen LogP contribution < -0.4 is 11.1 Å². The number of nitrogens with one attached hydrogen (secondary N) is 1. The fraction of sp³-hybridized carbons (Fsp3) is 0.300. The molecule has 0 aliphatic heterocycles. The Morgan fingerprint density at radius 1 is 1.27 bits per heavy atom. The molecule has 3 nitrogen and oxygen atoms in total. The molecule has 0 atom stereocenters. The zero-order chi connectivity index (χ0) is 11.3. The van der Waals surface area contributed by atoms with Crippen LogP contribution in [0.2, 0.25) is 10.0 Å². The molecule has 1 amide bonds. The molecule has 0 unspecified atom stereocenters. The molecule has 1 aromatic carbocycles. The van der Waals surface area contributed by atoms with Crippen molar-refractivity contribution in [3.05, 3.63) is 33.8 Å². The Morgan fingerprint density at radius 3 is 2.40 bits per heavy atom. The highest BCUT2D eigenvalue weighted by Crippen LogP contribution is 2.19. The van der Waals surface area contributed by atoms with Gasteiger partial charge in [0.2, 0.25) is 5.91 Å². The molecule has 0 aromatic heterocycles. The Hall–Kier alpha value is -0.770. The van der Waals surface area contributed by atoms with Crippen LogP contribution in [0.25, 0.3) is 0 Å². The average Bonchev–Trinajstić information content (AvgIpc) is 2.13. The van der Waals surface area contributed by atoms with Crippen molar-refractivity contribution < 1.29 is 4.79 Å². The summed E-state index contributed by atoms with van der Waals surface area (Å²) in [5, 5.41) is 3.73. The molecule has 3 N–H and O–H groups in total. The molecule has 0 bridgehead atoms. The van der Waals surface area contributed by atoms with E-state index in [2.05, 4.69) is 5.32 Å². The number of benzene rings is 1. The van der Waals surface area contributed by atoms with Crippen LogP contribution in [0.4, 0.5) is 0 Å². The minimum Gasteiger partial charge on any atom is -0.355 e. The van der Waals surface area contributed by atoms with Gasteiger partial charge in [0.05, 0.1) is 6.42 Å². The second kappa shape index (κ2) is 5.95. The summed E-state index contributed by atoms with van der Waals surface area (Å²) in [6, 6.07) is 5.06. The number of amides is 1. The van der Waals surface area contributed by atoms with Crippen LogP contribution in [0, 0.1) is 0 Å². The third-order valence-corrected chi connectivity index (χ3v) is 2.19. The lowest BCUT2D eigenvalue weighted by atomic mass is 10.1. The van der Waals surface area contributed by atoms with Gasteiger partial charge in [-0.1, -0.05) is 23.2 Å². The van der Waals surface area contributed by atoms with E-state index in [1.165, 1.54) is 0 Å². The number of carbonyl (C=O) groups excluding carboxylic acids is 1. The van der Waals surface area contributed by atoms with Gasteiger partial charge in [0.1, 0.15) is 0 Å². The molecular formula is C10H12Cl2N2O. The SMILES string of the molecule is NCCNC(=O)Cc1cc(Cl)cc(Cl)c1. The van der Waals surface area contributed by atoms with Crippen molar-refractivity contribution in [2.75, 3.05) is 13.1 Å². The minimum absolute atomic E-state index is 0.0845. The zero-order valence-electron chi connectivity index (χ0n) is 8.09. The molecule has 0 saturated carbocycles. The molecule has 15 heavy (non-hydrogen) atoms. The first-order valence-electron chi connectivity index (χ1n) is 4.53. The van der Waals surface area contributed by atoms with Crippen LogP contribution in [0.15, 0.2) is 18.2 Å². The van der Waals surface area contributed by atoms with E-state index in [1.807, 2.05) is 0 Å². The number of carbonyl (C=O) groups is 1. The van der Waals surface area contributed by atoms with Gasteiger partial charge in [-0.3, -0.25) is 4.79 Å². The largest absolute Gasteiger partial charge is 0.355 e. The van der Waals surface area contributed by atoms with Crippen LogP contribution in [-0.2, 0) is 11.2 Å². The molecular weight excluding hydrogens is 235 g/mol. The minimum atomic E-state index is -0.0845. The van der Waals surface area contributed by atoms with E-state index in [0.717, 1.165) is 5.56 Å². The first-order valence-corrected chi connectivity index (χ1v) is 5.29. The quantitative estimate of drug-likeness (QED) is 0.849. The first kappa shape index (κ1) is 12.3. The lowest BCUT2D eigenvalue weighted by molar-refractivity contribution is -0.120. The van der Waals surface area contributed by atoms with Gasteiger partial charge in [-0.25, -0.2) is 0 Å². The van der Waals surface area contributed by atoms with Crippen LogP contribution in [-0.4, -0.2) is 19.0 Å². The Balaban J connectivity index is 2.60. The molecule has 1 aromatic rings. The fourth-order valence-corrected chi connectivity index (χ4v) is 1.74. The number of halogens is 2. The van der Waals surface area contributed by atoms with Gasteiger partial charge in [0.25, 0.3) is 0 Å². The Labute approximate surface area is 98.5 Å². The smallest absolute Gasteiger partial charge is 0.224 e. The number of nitrogens with two attached hydrogens (primary N) is 1. The van der Waals surface area contributed by atoms with Gasteiger partial charge in [-0.05, 0) is 23.8 Å². The van der Waals surface area contributed by atoms with Crippen LogP contribution in [0.5, 0.6) is 0 Å². The predicted molar refractivity (Wildman–Crippen MR) is 62.2 cm³/mol. The molecule has 0 aliphatic carbocycles. The maximum atomic E-state index is 11.3. The normalized spacial score (nSPS) is 10.1. The summed E-state index contributed by atoms with van der Waals surface area (Å²) < 4.78 is 0. The summed E-state index contributed by atoms with van der Waals surface area (Å²) in [5.74, 6) is -0.0845.